The van der Waals surface area contributed by atoms with Crippen LogP contribution in [0.2, 0.25) is 0 Å². The SMILES string of the molecule is CN=C(NCc1cc2ccccc2[nH]1)NCC(C)Cc1cccs1. The number of hydrogen-bond donors (Lipinski definition) is 3. The quantitative estimate of drug-likeness (QED) is 0.472. The molecule has 2 aromatic heterocycles. The highest BCUT2D eigenvalue weighted by atomic mass is 32.1. The van der Waals surface area contributed by atoms with Crippen LogP contribution in [0.25, 0.3) is 10.9 Å². The molecule has 0 aliphatic carbocycles. The molecule has 24 heavy (non-hydrogen) atoms. The lowest BCUT2D eigenvalue weighted by atomic mass is 10.1. The van der Waals surface area contributed by atoms with Gasteiger partial charge in [0, 0.05) is 29.7 Å². The van der Waals surface area contributed by atoms with Crippen molar-refractivity contribution in [3.8, 4) is 0 Å². The molecule has 5 heteroatoms. The van der Waals surface area contributed by atoms with Crippen LogP contribution in [-0.2, 0) is 13.0 Å². The van der Waals surface area contributed by atoms with Gasteiger partial charge in [-0.2, -0.15) is 0 Å². The molecule has 0 amide bonds. The number of benzene rings is 1. The zero-order valence-electron chi connectivity index (χ0n) is 14.2. The van der Waals surface area contributed by atoms with Gasteiger partial charge in [0.05, 0.1) is 6.54 Å². The van der Waals surface area contributed by atoms with Gasteiger partial charge in [0.25, 0.3) is 0 Å². The van der Waals surface area contributed by atoms with Crippen molar-refractivity contribution >= 4 is 28.2 Å². The second kappa shape index (κ2) is 8.02. The largest absolute Gasteiger partial charge is 0.357 e. The molecule has 0 saturated heterocycles. The zero-order chi connectivity index (χ0) is 16.8. The number of rotatable bonds is 6. The van der Waals surface area contributed by atoms with E-state index in [0.717, 1.165) is 31.2 Å². The minimum Gasteiger partial charge on any atom is -0.357 e. The number of hydrogen-bond acceptors (Lipinski definition) is 2. The van der Waals surface area contributed by atoms with Crippen molar-refractivity contribution in [2.24, 2.45) is 10.9 Å². The summed E-state index contributed by atoms with van der Waals surface area (Å²) in [6, 6.07) is 14.8. The van der Waals surface area contributed by atoms with E-state index in [4.69, 9.17) is 0 Å². The number of H-pyrrole nitrogens is 1. The van der Waals surface area contributed by atoms with Crippen molar-refractivity contribution in [3.63, 3.8) is 0 Å². The molecular weight excluding hydrogens is 316 g/mol. The fourth-order valence-electron chi connectivity index (χ4n) is 2.74. The van der Waals surface area contributed by atoms with E-state index in [2.05, 4.69) is 69.3 Å². The first-order valence-electron chi connectivity index (χ1n) is 8.28. The van der Waals surface area contributed by atoms with Crippen molar-refractivity contribution in [2.45, 2.75) is 19.9 Å². The van der Waals surface area contributed by atoms with Crippen LogP contribution in [0.1, 0.15) is 17.5 Å². The van der Waals surface area contributed by atoms with Gasteiger partial charge in [-0.25, -0.2) is 0 Å². The average molecular weight is 340 g/mol. The Hall–Kier alpha value is -2.27. The van der Waals surface area contributed by atoms with E-state index in [0.29, 0.717) is 5.92 Å². The molecule has 0 aliphatic heterocycles. The maximum Gasteiger partial charge on any atom is 0.191 e. The molecule has 3 rings (SSSR count). The third-order valence-corrected chi connectivity index (χ3v) is 4.90. The maximum atomic E-state index is 4.31. The highest BCUT2D eigenvalue weighted by molar-refractivity contribution is 7.09. The lowest BCUT2D eigenvalue weighted by molar-refractivity contribution is 0.562. The topological polar surface area (TPSA) is 52.2 Å². The molecule has 4 nitrogen and oxygen atoms in total. The summed E-state index contributed by atoms with van der Waals surface area (Å²) in [6.45, 7) is 3.90. The number of aliphatic imine (C=N–C) groups is 1. The Morgan fingerprint density at radius 3 is 2.83 bits per heavy atom. The fourth-order valence-corrected chi connectivity index (χ4v) is 3.61. The third kappa shape index (κ3) is 4.38. The molecule has 0 bridgehead atoms. The number of aromatic nitrogens is 1. The Bertz CT molecular complexity index is 756. The van der Waals surface area contributed by atoms with Crippen LogP contribution < -0.4 is 10.6 Å². The van der Waals surface area contributed by atoms with Gasteiger partial charge in [0.1, 0.15) is 0 Å². The molecule has 0 radical (unpaired) electrons. The molecule has 0 aliphatic rings. The van der Waals surface area contributed by atoms with Gasteiger partial charge >= 0.3 is 0 Å². The van der Waals surface area contributed by atoms with E-state index in [1.165, 1.54) is 15.8 Å². The fraction of sp³-hybridized carbons (Fsp3) is 0.316. The summed E-state index contributed by atoms with van der Waals surface area (Å²) in [6.07, 6.45) is 1.10. The molecule has 3 N–H and O–H groups in total. The van der Waals surface area contributed by atoms with Crippen molar-refractivity contribution in [2.75, 3.05) is 13.6 Å². The molecule has 0 saturated carbocycles. The minimum atomic E-state index is 0.565. The van der Waals surface area contributed by atoms with Gasteiger partial charge in [-0.05, 0) is 41.3 Å². The lowest BCUT2D eigenvalue weighted by Gasteiger charge is -2.15. The number of para-hydroxylation sites is 1. The molecule has 0 spiro atoms. The molecule has 2 heterocycles. The molecule has 126 valence electrons. The molecular formula is C19H24N4S. The zero-order valence-corrected chi connectivity index (χ0v) is 15.0. The van der Waals surface area contributed by atoms with Crippen molar-refractivity contribution in [1.29, 1.82) is 0 Å². The minimum absolute atomic E-state index is 0.565. The van der Waals surface area contributed by atoms with Gasteiger partial charge in [-0.1, -0.05) is 31.2 Å². The van der Waals surface area contributed by atoms with Crippen molar-refractivity contribution in [3.05, 3.63) is 58.4 Å². The number of guanidine groups is 1. The highest BCUT2D eigenvalue weighted by Crippen LogP contribution is 2.15. The standard InChI is InChI=1S/C19H24N4S/c1-14(10-17-7-5-9-24-17)12-21-19(20-2)22-13-16-11-15-6-3-4-8-18(15)23-16/h3-9,11,14,23H,10,12-13H2,1-2H3,(H2,20,21,22). The van der Waals surface area contributed by atoms with E-state index < -0.39 is 0 Å². The van der Waals surface area contributed by atoms with E-state index in [-0.39, 0.29) is 0 Å². The normalized spacial score (nSPS) is 13.2. The Morgan fingerprint density at radius 2 is 2.08 bits per heavy atom. The predicted molar refractivity (Wildman–Crippen MR) is 104 cm³/mol. The van der Waals surface area contributed by atoms with Crippen molar-refractivity contribution in [1.82, 2.24) is 15.6 Å². The van der Waals surface area contributed by atoms with Gasteiger partial charge in [-0.3, -0.25) is 4.99 Å². The predicted octanol–water partition coefficient (Wildman–Crippen LogP) is 3.77. The molecule has 1 atom stereocenters. The first-order chi connectivity index (χ1) is 11.7. The van der Waals surface area contributed by atoms with Gasteiger partial charge in [0.2, 0.25) is 0 Å². The number of nitrogens with one attached hydrogen (secondary N) is 3. The molecule has 3 aromatic rings. The summed E-state index contributed by atoms with van der Waals surface area (Å²) in [7, 11) is 1.81. The first-order valence-corrected chi connectivity index (χ1v) is 9.16. The van der Waals surface area contributed by atoms with Crippen LogP contribution in [0.3, 0.4) is 0 Å². The molecule has 0 fully saturated rings. The Balaban J connectivity index is 1.48. The van der Waals surface area contributed by atoms with E-state index >= 15 is 0 Å². The van der Waals surface area contributed by atoms with E-state index in [1.807, 2.05) is 24.5 Å². The number of aromatic amines is 1. The first kappa shape index (κ1) is 16.6. The van der Waals surface area contributed by atoms with Crippen LogP contribution in [0, 0.1) is 5.92 Å². The van der Waals surface area contributed by atoms with Crippen LogP contribution >= 0.6 is 11.3 Å². The van der Waals surface area contributed by atoms with Crippen LogP contribution in [0.5, 0.6) is 0 Å². The lowest BCUT2D eigenvalue weighted by Crippen LogP contribution is -2.39. The summed E-state index contributed by atoms with van der Waals surface area (Å²) < 4.78 is 0. The monoisotopic (exact) mass is 340 g/mol. The number of thiophene rings is 1. The molecule has 1 unspecified atom stereocenters. The van der Waals surface area contributed by atoms with Crippen LogP contribution in [0.15, 0.2) is 52.8 Å². The summed E-state index contributed by atoms with van der Waals surface area (Å²) in [4.78, 5) is 9.17. The third-order valence-electron chi connectivity index (χ3n) is 4.00. The van der Waals surface area contributed by atoms with E-state index in [9.17, 15) is 0 Å². The maximum absolute atomic E-state index is 4.31. The number of fused-ring (bicyclic) bond motifs is 1. The Labute approximate surface area is 147 Å². The van der Waals surface area contributed by atoms with Gasteiger partial charge < -0.3 is 15.6 Å². The van der Waals surface area contributed by atoms with Gasteiger partial charge in [0.15, 0.2) is 5.96 Å². The molecule has 1 aromatic carbocycles. The Kier molecular flexibility index (Phi) is 5.54. The average Bonchev–Trinajstić information content (AvgIpc) is 3.23. The summed E-state index contributed by atoms with van der Waals surface area (Å²) in [5.41, 5.74) is 2.33. The van der Waals surface area contributed by atoms with E-state index in [1.54, 1.807) is 0 Å². The smallest absolute Gasteiger partial charge is 0.191 e. The number of nitrogens with zero attached hydrogens (tertiary/aromatic N) is 1. The van der Waals surface area contributed by atoms with Crippen molar-refractivity contribution < 1.29 is 0 Å². The van der Waals surface area contributed by atoms with Crippen LogP contribution in [-0.4, -0.2) is 24.5 Å². The highest BCUT2D eigenvalue weighted by Gasteiger charge is 2.07. The van der Waals surface area contributed by atoms with Gasteiger partial charge in [-0.15, -0.1) is 11.3 Å². The second-order valence-corrected chi connectivity index (χ2v) is 7.11. The summed E-state index contributed by atoms with van der Waals surface area (Å²) in [5, 5.41) is 10.2. The summed E-state index contributed by atoms with van der Waals surface area (Å²) in [5.74, 6) is 1.40. The van der Waals surface area contributed by atoms with Crippen LogP contribution in [0.4, 0.5) is 0 Å². The second-order valence-electron chi connectivity index (χ2n) is 6.08. The Morgan fingerprint density at radius 1 is 1.21 bits per heavy atom. The summed E-state index contributed by atoms with van der Waals surface area (Å²) >= 11 is 1.82.